The first kappa shape index (κ1) is 7.98. The second-order valence-corrected chi connectivity index (χ2v) is 3.43. The molecule has 1 rings (SSSR count). The lowest BCUT2D eigenvalue weighted by Crippen LogP contribution is -2.59. The van der Waals surface area contributed by atoms with Crippen molar-refractivity contribution < 1.29 is 4.74 Å². The van der Waals surface area contributed by atoms with E-state index in [-0.39, 0.29) is 17.7 Å². The number of nitrogens with two attached hydrogens (primary N) is 2. The van der Waals surface area contributed by atoms with Crippen molar-refractivity contribution >= 4 is 0 Å². The molecule has 1 heterocycles. The summed E-state index contributed by atoms with van der Waals surface area (Å²) in [5, 5.41) is 0. The van der Waals surface area contributed by atoms with E-state index >= 15 is 0 Å². The Morgan fingerprint density at radius 2 is 2.00 bits per heavy atom. The fraction of sp³-hybridized carbons (Fsp3) is 1.00. The zero-order chi connectivity index (χ0) is 7.78. The van der Waals surface area contributed by atoms with Crippen molar-refractivity contribution in [2.45, 2.75) is 38.0 Å². The highest BCUT2D eigenvalue weighted by atomic mass is 16.5. The highest BCUT2D eigenvalue weighted by Gasteiger charge is 2.35. The second kappa shape index (κ2) is 2.49. The molecule has 4 N–H and O–H groups in total. The molecule has 0 aromatic heterocycles. The van der Waals surface area contributed by atoms with Gasteiger partial charge in [0, 0.05) is 18.7 Å². The lowest BCUT2D eigenvalue weighted by Gasteiger charge is -2.40. The summed E-state index contributed by atoms with van der Waals surface area (Å²) in [5.41, 5.74) is 11.3. The summed E-state index contributed by atoms with van der Waals surface area (Å²) in [6.07, 6.45) is 0.880. The van der Waals surface area contributed by atoms with E-state index in [9.17, 15) is 0 Å². The molecule has 0 aliphatic carbocycles. The van der Waals surface area contributed by atoms with Crippen molar-refractivity contribution in [1.82, 2.24) is 0 Å². The van der Waals surface area contributed by atoms with Crippen molar-refractivity contribution in [2.75, 3.05) is 6.61 Å². The van der Waals surface area contributed by atoms with Crippen LogP contribution in [0.4, 0.5) is 0 Å². The van der Waals surface area contributed by atoms with Crippen molar-refractivity contribution in [3.8, 4) is 0 Å². The molecule has 10 heavy (non-hydrogen) atoms. The molecular formula is C7H16N2O. The van der Waals surface area contributed by atoms with Gasteiger partial charge < -0.3 is 16.2 Å². The predicted octanol–water partition coefficient (Wildman–Crippen LogP) is -0.160. The number of hydrogen-bond acceptors (Lipinski definition) is 3. The molecule has 0 amide bonds. The van der Waals surface area contributed by atoms with Crippen molar-refractivity contribution in [2.24, 2.45) is 11.5 Å². The maximum Gasteiger partial charge on any atom is 0.0791 e. The van der Waals surface area contributed by atoms with Crippen LogP contribution in [-0.2, 0) is 4.74 Å². The third-order valence-electron chi connectivity index (χ3n) is 2.19. The molecule has 60 valence electrons. The van der Waals surface area contributed by atoms with E-state index in [1.807, 2.05) is 13.8 Å². The zero-order valence-corrected chi connectivity index (χ0v) is 6.63. The first-order chi connectivity index (χ1) is 4.54. The Kier molecular flexibility index (Phi) is 1.99. The summed E-state index contributed by atoms with van der Waals surface area (Å²) in [4.78, 5) is 0. The Hall–Kier alpha value is -0.120. The number of rotatable bonds is 0. The van der Waals surface area contributed by atoms with Crippen molar-refractivity contribution in [3.63, 3.8) is 0 Å². The van der Waals surface area contributed by atoms with E-state index in [0.29, 0.717) is 0 Å². The Morgan fingerprint density at radius 1 is 1.40 bits per heavy atom. The molecule has 0 aromatic rings. The molecule has 0 spiro atoms. The fourth-order valence-electron chi connectivity index (χ4n) is 1.25. The molecule has 2 atom stereocenters. The van der Waals surface area contributed by atoms with E-state index in [2.05, 4.69) is 0 Å². The standard InChI is InChI=1S/C7H16N2O/c1-7(2)6(9)5(8)3-4-10-7/h5-6H,3-4,8-9H2,1-2H3. The summed E-state index contributed by atoms with van der Waals surface area (Å²) >= 11 is 0. The molecule has 0 aromatic carbocycles. The van der Waals surface area contributed by atoms with E-state index in [1.54, 1.807) is 0 Å². The zero-order valence-electron chi connectivity index (χ0n) is 6.63. The van der Waals surface area contributed by atoms with Gasteiger partial charge in [-0.2, -0.15) is 0 Å². The minimum Gasteiger partial charge on any atom is -0.374 e. The molecule has 0 saturated carbocycles. The maximum atomic E-state index is 5.81. The summed E-state index contributed by atoms with van der Waals surface area (Å²) in [6.45, 7) is 4.70. The molecule has 0 bridgehead atoms. The van der Waals surface area contributed by atoms with Crippen LogP contribution in [0.15, 0.2) is 0 Å². The Bertz CT molecular complexity index is 125. The topological polar surface area (TPSA) is 61.3 Å². The summed E-state index contributed by atoms with van der Waals surface area (Å²) in [6, 6.07) is 0.0741. The minimum absolute atomic E-state index is 0.0266. The highest BCUT2D eigenvalue weighted by Crippen LogP contribution is 2.21. The average Bonchev–Trinajstić information content (AvgIpc) is 1.83. The van der Waals surface area contributed by atoms with Gasteiger partial charge in [0.2, 0.25) is 0 Å². The van der Waals surface area contributed by atoms with Crippen LogP contribution in [0.1, 0.15) is 20.3 Å². The van der Waals surface area contributed by atoms with Crippen LogP contribution >= 0.6 is 0 Å². The number of ether oxygens (including phenoxy) is 1. The Balaban J connectivity index is 2.60. The van der Waals surface area contributed by atoms with Gasteiger partial charge >= 0.3 is 0 Å². The normalized spacial score (nSPS) is 39.6. The Morgan fingerprint density at radius 3 is 2.40 bits per heavy atom. The Labute approximate surface area is 61.7 Å². The number of hydrogen-bond donors (Lipinski definition) is 2. The quantitative estimate of drug-likeness (QED) is 0.496. The first-order valence-corrected chi connectivity index (χ1v) is 3.69. The van der Waals surface area contributed by atoms with Crippen LogP contribution in [0.3, 0.4) is 0 Å². The van der Waals surface area contributed by atoms with E-state index in [0.717, 1.165) is 13.0 Å². The molecule has 2 unspecified atom stereocenters. The van der Waals surface area contributed by atoms with Gasteiger partial charge in [-0.15, -0.1) is 0 Å². The molecule has 3 heteroatoms. The van der Waals surface area contributed by atoms with Crippen molar-refractivity contribution in [3.05, 3.63) is 0 Å². The molecule has 3 nitrogen and oxygen atoms in total. The van der Waals surface area contributed by atoms with Crippen LogP contribution in [0, 0.1) is 0 Å². The molecule has 1 saturated heterocycles. The monoisotopic (exact) mass is 144 g/mol. The summed E-state index contributed by atoms with van der Waals surface area (Å²) < 4.78 is 5.44. The summed E-state index contributed by atoms with van der Waals surface area (Å²) in [5.74, 6) is 0. The third-order valence-corrected chi connectivity index (χ3v) is 2.19. The average molecular weight is 144 g/mol. The van der Waals surface area contributed by atoms with E-state index in [4.69, 9.17) is 16.2 Å². The van der Waals surface area contributed by atoms with Gasteiger partial charge in [0.15, 0.2) is 0 Å². The molecule has 1 aliphatic heterocycles. The first-order valence-electron chi connectivity index (χ1n) is 3.69. The van der Waals surface area contributed by atoms with Gasteiger partial charge in [-0.3, -0.25) is 0 Å². The lowest BCUT2D eigenvalue weighted by molar-refractivity contribution is -0.0725. The smallest absolute Gasteiger partial charge is 0.0791 e. The molecule has 1 fully saturated rings. The minimum atomic E-state index is -0.238. The van der Waals surface area contributed by atoms with Crippen LogP contribution in [0.2, 0.25) is 0 Å². The molecule has 1 aliphatic rings. The van der Waals surface area contributed by atoms with Gasteiger partial charge in [-0.1, -0.05) is 0 Å². The molecule has 0 radical (unpaired) electrons. The van der Waals surface area contributed by atoms with Crippen LogP contribution < -0.4 is 11.5 Å². The fourth-order valence-corrected chi connectivity index (χ4v) is 1.25. The molecular weight excluding hydrogens is 128 g/mol. The van der Waals surface area contributed by atoms with Gasteiger partial charge in [-0.05, 0) is 20.3 Å². The van der Waals surface area contributed by atoms with E-state index < -0.39 is 0 Å². The van der Waals surface area contributed by atoms with Gasteiger partial charge in [0.1, 0.15) is 0 Å². The van der Waals surface area contributed by atoms with Gasteiger partial charge in [0.05, 0.1) is 5.60 Å². The SMILES string of the molecule is CC1(C)OCCC(N)C1N. The lowest BCUT2D eigenvalue weighted by atomic mass is 9.89. The summed E-state index contributed by atoms with van der Waals surface area (Å²) in [7, 11) is 0. The van der Waals surface area contributed by atoms with Crippen molar-refractivity contribution in [1.29, 1.82) is 0 Å². The van der Waals surface area contributed by atoms with Crippen LogP contribution in [-0.4, -0.2) is 24.3 Å². The largest absolute Gasteiger partial charge is 0.374 e. The van der Waals surface area contributed by atoms with Crippen LogP contribution in [0.5, 0.6) is 0 Å². The third kappa shape index (κ3) is 1.31. The van der Waals surface area contributed by atoms with Gasteiger partial charge in [0.25, 0.3) is 0 Å². The highest BCUT2D eigenvalue weighted by molar-refractivity contribution is 4.93. The van der Waals surface area contributed by atoms with E-state index in [1.165, 1.54) is 0 Å². The maximum absolute atomic E-state index is 5.81. The predicted molar refractivity (Wildman–Crippen MR) is 40.6 cm³/mol. The van der Waals surface area contributed by atoms with Crippen LogP contribution in [0.25, 0.3) is 0 Å². The second-order valence-electron chi connectivity index (χ2n) is 3.43. The van der Waals surface area contributed by atoms with Gasteiger partial charge in [-0.25, -0.2) is 0 Å².